The number of aliphatic hydroxyl groups excluding tert-OH is 1. The number of carbonyl (C=O) groups excluding carboxylic acids is 1. The van der Waals surface area contributed by atoms with Gasteiger partial charge in [0.2, 0.25) is 0 Å². The summed E-state index contributed by atoms with van der Waals surface area (Å²) < 4.78 is 1.97. The number of fused-ring (bicyclic) bond motifs is 1. The zero-order chi connectivity index (χ0) is 18.8. The standard InChI is InChI=1S/C21H19N3O2S/c1-24-12-16(15-9-5-6-10-18(15)24)19(25)11-22-20(26)17-13-27-21(23-17)14-7-3-2-4-8-14/h2-10,12-13,19,25H,11H2,1H3,(H,22,26). The zero-order valence-corrected chi connectivity index (χ0v) is 15.6. The van der Waals surface area contributed by atoms with Crippen molar-refractivity contribution in [3.05, 3.63) is 77.4 Å². The molecule has 0 spiro atoms. The lowest BCUT2D eigenvalue weighted by Gasteiger charge is -2.10. The summed E-state index contributed by atoms with van der Waals surface area (Å²) in [6, 6.07) is 17.6. The van der Waals surface area contributed by atoms with E-state index in [1.807, 2.05) is 72.4 Å². The molecule has 2 aromatic heterocycles. The number of amides is 1. The van der Waals surface area contributed by atoms with Crippen molar-refractivity contribution in [3.63, 3.8) is 0 Å². The third-order valence-electron chi connectivity index (χ3n) is 4.50. The number of hydrogen-bond donors (Lipinski definition) is 2. The van der Waals surface area contributed by atoms with Gasteiger partial charge in [-0.05, 0) is 6.07 Å². The number of hydrogen-bond acceptors (Lipinski definition) is 4. The average molecular weight is 377 g/mol. The fraction of sp³-hybridized carbons (Fsp3) is 0.143. The van der Waals surface area contributed by atoms with Crippen LogP contribution in [0.1, 0.15) is 22.2 Å². The molecule has 6 heteroatoms. The first-order valence-electron chi connectivity index (χ1n) is 8.64. The Balaban J connectivity index is 1.45. The van der Waals surface area contributed by atoms with Crippen LogP contribution in [0.5, 0.6) is 0 Å². The van der Waals surface area contributed by atoms with Crippen LogP contribution in [0.2, 0.25) is 0 Å². The summed E-state index contributed by atoms with van der Waals surface area (Å²) in [7, 11) is 1.94. The Kier molecular flexibility index (Phi) is 4.75. The molecule has 2 N–H and O–H groups in total. The molecule has 0 aliphatic heterocycles. The predicted molar refractivity (Wildman–Crippen MR) is 108 cm³/mol. The van der Waals surface area contributed by atoms with Crippen LogP contribution in [0.25, 0.3) is 21.5 Å². The summed E-state index contributed by atoms with van der Waals surface area (Å²) in [4.78, 5) is 16.8. The summed E-state index contributed by atoms with van der Waals surface area (Å²) >= 11 is 1.43. The highest BCUT2D eigenvalue weighted by Gasteiger charge is 2.17. The molecule has 0 saturated carbocycles. The van der Waals surface area contributed by atoms with Crippen molar-refractivity contribution in [3.8, 4) is 10.6 Å². The van der Waals surface area contributed by atoms with Crippen LogP contribution < -0.4 is 5.32 Å². The third-order valence-corrected chi connectivity index (χ3v) is 5.39. The van der Waals surface area contributed by atoms with Crippen molar-refractivity contribution in [1.82, 2.24) is 14.9 Å². The third kappa shape index (κ3) is 3.49. The highest BCUT2D eigenvalue weighted by molar-refractivity contribution is 7.13. The van der Waals surface area contributed by atoms with Gasteiger partial charge in [0.25, 0.3) is 5.91 Å². The molecule has 1 amide bonds. The normalized spacial score (nSPS) is 12.2. The summed E-state index contributed by atoms with van der Waals surface area (Å²) in [5, 5.41) is 16.9. The largest absolute Gasteiger partial charge is 0.386 e. The lowest BCUT2D eigenvalue weighted by molar-refractivity contribution is 0.0913. The summed E-state index contributed by atoms with van der Waals surface area (Å²) in [6.07, 6.45) is 1.12. The van der Waals surface area contributed by atoms with Crippen molar-refractivity contribution in [2.24, 2.45) is 7.05 Å². The predicted octanol–water partition coefficient (Wildman–Crippen LogP) is 3.77. The van der Waals surface area contributed by atoms with E-state index in [4.69, 9.17) is 0 Å². The minimum absolute atomic E-state index is 0.130. The first-order chi connectivity index (χ1) is 13.1. The number of rotatable bonds is 5. The first kappa shape index (κ1) is 17.5. The molecule has 0 fully saturated rings. The van der Waals surface area contributed by atoms with Crippen molar-refractivity contribution >= 4 is 28.1 Å². The summed E-state index contributed by atoms with van der Waals surface area (Å²) in [5.74, 6) is -0.285. The molecule has 1 unspecified atom stereocenters. The maximum Gasteiger partial charge on any atom is 0.270 e. The van der Waals surface area contributed by atoms with Gasteiger partial charge in [0.05, 0.1) is 6.10 Å². The van der Waals surface area contributed by atoms with Crippen molar-refractivity contribution < 1.29 is 9.90 Å². The first-order valence-corrected chi connectivity index (χ1v) is 9.52. The number of aliphatic hydroxyl groups is 1. The van der Waals surface area contributed by atoms with E-state index in [-0.39, 0.29) is 12.5 Å². The highest BCUT2D eigenvalue weighted by atomic mass is 32.1. The number of thiazole rings is 1. The number of carbonyl (C=O) groups is 1. The number of nitrogens with one attached hydrogen (secondary N) is 1. The molecule has 0 aliphatic carbocycles. The highest BCUT2D eigenvalue weighted by Crippen LogP contribution is 2.26. The zero-order valence-electron chi connectivity index (χ0n) is 14.8. The van der Waals surface area contributed by atoms with E-state index in [0.717, 1.165) is 27.0 Å². The van der Waals surface area contributed by atoms with Gasteiger partial charge in [0, 0.05) is 47.2 Å². The Morgan fingerprint density at radius 1 is 1.19 bits per heavy atom. The molecule has 0 radical (unpaired) electrons. The lowest BCUT2D eigenvalue weighted by Crippen LogP contribution is -2.28. The van der Waals surface area contributed by atoms with Crippen LogP contribution in [0.4, 0.5) is 0 Å². The van der Waals surface area contributed by atoms with Gasteiger partial charge >= 0.3 is 0 Å². The lowest BCUT2D eigenvalue weighted by atomic mass is 10.1. The molecule has 4 aromatic rings. The van der Waals surface area contributed by atoms with Gasteiger partial charge in [-0.15, -0.1) is 11.3 Å². The molecule has 5 nitrogen and oxygen atoms in total. The van der Waals surface area contributed by atoms with E-state index in [0.29, 0.717) is 5.69 Å². The van der Waals surface area contributed by atoms with Gasteiger partial charge < -0.3 is 15.0 Å². The second-order valence-corrected chi connectivity index (χ2v) is 7.20. The maximum absolute atomic E-state index is 12.4. The molecular weight excluding hydrogens is 358 g/mol. The van der Waals surface area contributed by atoms with Crippen LogP contribution >= 0.6 is 11.3 Å². The SMILES string of the molecule is Cn1cc(C(O)CNC(=O)c2csc(-c3ccccc3)n2)c2ccccc21. The fourth-order valence-electron chi connectivity index (χ4n) is 3.12. The van der Waals surface area contributed by atoms with E-state index >= 15 is 0 Å². The fourth-order valence-corrected chi connectivity index (χ4v) is 3.93. The molecule has 4 rings (SSSR count). The van der Waals surface area contributed by atoms with Gasteiger partial charge in [-0.1, -0.05) is 48.5 Å². The molecule has 136 valence electrons. The van der Waals surface area contributed by atoms with Gasteiger partial charge in [0.15, 0.2) is 0 Å². The quantitative estimate of drug-likeness (QED) is 0.556. The van der Waals surface area contributed by atoms with Crippen LogP contribution in [0.3, 0.4) is 0 Å². The Morgan fingerprint density at radius 2 is 1.93 bits per heavy atom. The minimum Gasteiger partial charge on any atom is -0.386 e. The molecule has 0 bridgehead atoms. The Labute approximate surface area is 160 Å². The molecule has 0 saturated heterocycles. The smallest absolute Gasteiger partial charge is 0.270 e. The topological polar surface area (TPSA) is 67.2 Å². The number of aryl methyl sites for hydroxylation is 1. The van der Waals surface area contributed by atoms with E-state index < -0.39 is 6.10 Å². The Hall–Kier alpha value is -2.96. The maximum atomic E-state index is 12.4. The van der Waals surface area contributed by atoms with Crippen molar-refractivity contribution in [1.29, 1.82) is 0 Å². The van der Waals surface area contributed by atoms with Gasteiger partial charge in [-0.2, -0.15) is 0 Å². The second-order valence-electron chi connectivity index (χ2n) is 6.34. The minimum atomic E-state index is -0.785. The van der Waals surface area contributed by atoms with Crippen LogP contribution in [-0.2, 0) is 7.05 Å². The second kappa shape index (κ2) is 7.34. The van der Waals surface area contributed by atoms with E-state index in [9.17, 15) is 9.90 Å². The van der Waals surface area contributed by atoms with E-state index in [1.54, 1.807) is 5.38 Å². The molecule has 2 heterocycles. The van der Waals surface area contributed by atoms with Crippen LogP contribution in [0.15, 0.2) is 66.2 Å². The Bertz CT molecular complexity index is 1090. The number of benzene rings is 2. The van der Waals surface area contributed by atoms with Gasteiger partial charge in [0.1, 0.15) is 10.7 Å². The van der Waals surface area contributed by atoms with Gasteiger partial charge in [-0.3, -0.25) is 4.79 Å². The van der Waals surface area contributed by atoms with Crippen molar-refractivity contribution in [2.75, 3.05) is 6.54 Å². The monoisotopic (exact) mass is 377 g/mol. The van der Waals surface area contributed by atoms with E-state index in [2.05, 4.69) is 10.3 Å². The number of aromatic nitrogens is 2. The molecular formula is C21H19N3O2S. The van der Waals surface area contributed by atoms with Gasteiger partial charge in [-0.25, -0.2) is 4.98 Å². The van der Waals surface area contributed by atoms with E-state index in [1.165, 1.54) is 11.3 Å². The summed E-state index contributed by atoms with van der Waals surface area (Å²) in [5.41, 5.74) is 3.20. The average Bonchev–Trinajstić information content (AvgIpc) is 3.32. The molecule has 1 atom stereocenters. The Morgan fingerprint density at radius 3 is 2.74 bits per heavy atom. The number of nitrogens with zero attached hydrogens (tertiary/aromatic N) is 2. The van der Waals surface area contributed by atoms with Crippen LogP contribution in [0, 0.1) is 0 Å². The number of para-hydroxylation sites is 1. The van der Waals surface area contributed by atoms with Crippen LogP contribution in [-0.4, -0.2) is 27.1 Å². The molecule has 0 aliphatic rings. The molecule has 27 heavy (non-hydrogen) atoms. The summed E-state index contributed by atoms with van der Waals surface area (Å²) in [6.45, 7) is 0.130. The van der Waals surface area contributed by atoms with Crippen molar-refractivity contribution in [2.45, 2.75) is 6.10 Å². The molecule has 2 aromatic carbocycles.